The highest BCUT2D eigenvalue weighted by Crippen LogP contribution is 2.20. The maximum absolute atomic E-state index is 5.81. The summed E-state index contributed by atoms with van der Waals surface area (Å²) >= 11 is 0. The lowest BCUT2D eigenvalue weighted by Crippen LogP contribution is -2.02. The molecule has 0 fully saturated rings. The van der Waals surface area contributed by atoms with Crippen LogP contribution in [0.5, 0.6) is 11.5 Å². The van der Waals surface area contributed by atoms with Gasteiger partial charge in [-0.05, 0) is 47.9 Å². The normalized spacial score (nSPS) is 10.5. The minimum Gasteiger partial charge on any atom is -0.494 e. The maximum atomic E-state index is 5.81. The second-order valence-corrected chi connectivity index (χ2v) is 5.23. The van der Waals surface area contributed by atoms with Gasteiger partial charge < -0.3 is 9.47 Å². The van der Waals surface area contributed by atoms with Gasteiger partial charge in [0.25, 0.3) is 0 Å². The molecule has 3 rings (SSSR count). The molecule has 0 radical (unpaired) electrons. The van der Waals surface area contributed by atoms with Crippen LogP contribution in [0.4, 0.5) is 0 Å². The molecule has 0 heterocycles. The number of fused-ring (bicyclic) bond motifs is 1. The molecule has 0 saturated carbocycles. The van der Waals surface area contributed by atoms with E-state index in [0.29, 0.717) is 0 Å². The van der Waals surface area contributed by atoms with Crippen LogP contribution in [0.1, 0.15) is 12.8 Å². The Kier molecular flexibility index (Phi) is 4.93. The van der Waals surface area contributed by atoms with E-state index < -0.39 is 0 Å². The first-order valence-corrected chi connectivity index (χ1v) is 7.71. The first-order chi connectivity index (χ1) is 10.9. The van der Waals surface area contributed by atoms with Gasteiger partial charge in [-0.2, -0.15) is 0 Å². The average Bonchev–Trinajstić information content (AvgIpc) is 2.59. The van der Waals surface area contributed by atoms with Crippen molar-refractivity contribution in [1.29, 1.82) is 0 Å². The summed E-state index contributed by atoms with van der Waals surface area (Å²) in [5.74, 6) is 1.86. The molecule has 112 valence electrons. The lowest BCUT2D eigenvalue weighted by Gasteiger charge is -2.08. The Labute approximate surface area is 131 Å². The summed E-state index contributed by atoms with van der Waals surface area (Å²) in [5, 5.41) is 2.46. The maximum Gasteiger partial charge on any atom is 0.119 e. The molecule has 0 spiro atoms. The molecular weight excluding hydrogens is 272 g/mol. The molecule has 2 nitrogen and oxygen atoms in total. The van der Waals surface area contributed by atoms with Crippen LogP contribution in [0.15, 0.2) is 72.8 Å². The van der Waals surface area contributed by atoms with Gasteiger partial charge >= 0.3 is 0 Å². The van der Waals surface area contributed by atoms with Crippen molar-refractivity contribution in [3.63, 3.8) is 0 Å². The lowest BCUT2D eigenvalue weighted by molar-refractivity contribution is 0.266. The van der Waals surface area contributed by atoms with E-state index in [-0.39, 0.29) is 0 Å². The molecule has 0 aromatic heterocycles. The van der Waals surface area contributed by atoms with E-state index in [9.17, 15) is 0 Å². The van der Waals surface area contributed by atoms with Gasteiger partial charge in [-0.1, -0.05) is 48.5 Å². The van der Waals surface area contributed by atoms with Crippen LogP contribution in [-0.2, 0) is 0 Å². The van der Waals surface area contributed by atoms with Crippen LogP contribution in [0.3, 0.4) is 0 Å². The van der Waals surface area contributed by atoms with Crippen molar-refractivity contribution in [3.05, 3.63) is 72.8 Å². The number of rotatable bonds is 7. The van der Waals surface area contributed by atoms with Gasteiger partial charge in [0.1, 0.15) is 11.5 Å². The predicted molar refractivity (Wildman–Crippen MR) is 90.6 cm³/mol. The molecule has 0 saturated heterocycles. The number of para-hydroxylation sites is 1. The van der Waals surface area contributed by atoms with E-state index in [4.69, 9.17) is 9.47 Å². The first kappa shape index (κ1) is 14.5. The highest BCUT2D eigenvalue weighted by Gasteiger charge is 1.97. The summed E-state index contributed by atoms with van der Waals surface area (Å²) in [5.41, 5.74) is 0. The molecular formula is C20H20O2. The quantitative estimate of drug-likeness (QED) is 0.565. The van der Waals surface area contributed by atoms with Crippen molar-refractivity contribution in [3.8, 4) is 11.5 Å². The van der Waals surface area contributed by atoms with Crippen LogP contribution in [-0.4, -0.2) is 13.2 Å². The summed E-state index contributed by atoms with van der Waals surface area (Å²) in [6.45, 7) is 1.45. The monoisotopic (exact) mass is 292 g/mol. The van der Waals surface area contributed by atoms with Gasteiger partial charge in [-0.3, -0.25) is 0 Å². The van der Waals surface area contributed by atoms with Crippen molar-refractivity contribution >= 4 is 10.8 Å². The molecule has 3 aromatic rings. The van der Waals surface area contributed by atoms with Crippen LogP contribution >= 0.6 is 0 Å². The number of unbranched alkanes of at least 4 members (excludes halogenated alkanes) is 1. The van der Waals surface area contributed by atoms with E-state index >= 15 is 0 Å². The average molecular weight is 292 g/mol. The number of benzene rings is 3. The Morgan fingerprint density at radius 2 is 1.18 bits per heavy atom. The molecule has 0 aliphatic carbocycles. The smallest absolute Gasteiger partial charge is 0.119 e. The fraction of sp³-hybridized carbons (Fsp3) is 0.200. The van der Waals surface area contributed by atoms with Gasteiger partial charge in [0.15, 0.2) is 0 Å². The van der Waals surface area contributed by atoms with Crippen molar-refractivity contribution in [2.75, 3.05) is 13.2 Å². The van der Waals surface area contributed by atoms with Crippen molar-refractivity contribution in [2.24, 2.45) is 0 Å². The third kappa shape index (κ3) is 4.01. The van der Waals surface area contributed by atoms with E-state index in [0.717, 1.165) is 37.6 Å². The van der Waals surface area contributed by atoms with Gasteiger partial charge in [0.2, 0.25) is 0 Å². The predicted octanol–water partition coefficient (Wildman–Crippen LogP) is 5.08. The number of hydrogen-bond acceptors (Lipinski definition) is 2. The molecule has 3 aromatic carbocycles. The molecule has 22 heavy (non-hydrogen) atoms. The molecule has 0 unspecified atom stereocenters. The van der Waals surface area contributed by atoms with Crippen LogP contribution < -0.4 is 9.47 Å². The second-order valence-electron chi connectivity index (χ2n) is 5.23. The minimum absolute atomic E-state index is 0.719. The molecule has 0 N–H and O–H groups in total. The summed E-state index contributed by atoms with van der Waals surface area (Å²) in [6.07, 6.45) is 1.97. The van der Waals surface area contributed by atoms with Crippen molar-refractivity contribution in [2.45, 2.75) is 12.8 Å². The summed E-state index contributed by atoms with van der Waals surface area (Å²) < 4.78 is 11.5. The van der Waals surface area contributed by atoms with Crippen molar-refractivity contribution < 1.29 is 9.47 Å². The Bertz CT molecular complexity index is 707. The lowest BCUT2D eigenvalue weighted by atomic mass is 10.1. The topological polar surface area (TPSA) is 18.5 Å². The molecule has 0 aliphatic rings. The molecule has 0 bridgehead atoms. The number of ether oxygens (including phenoxy) is 2. The molecule has 0 atom stereocenters. The zero-order valence-corrected chi connectivity index (χ0v) is 12.6. The fourth-order valence-corrected chi connectivity index (χ4v) is 2.36. The highest BCUT2D eigenvalue weighted by molar-refractivity contribution is 5.83. The Hall–Kier alpha value is -2.48. The SMILES string of the molecule is c1ccc(OCCCCOc2ccc3ccccc3c2)cc1. The zero-order valence-electron chi connectivity index (χ0n) is 12.6. The second kappa shape index (κ2) is 7.51. The third-order valence-electron chi connectivity index (χ3n) is 3.54. The van der Waals surface area contributed by atoms with Crippen LogP contribution in [0.25, 0.3) is 10.8 Å². The summed E-state index contributed by atoms with van der Waals surface area (Å²) in [4.78, 5) is 0. The Balaban J connectivity index is 1.39. The van der Waals surface area contributed by atoms with Gasteiger partial charge in [-0.25, -0.2) is 0 Å². The van der Waals surface area contributed by atoms with Gasteiger partial charge in [-0.15, -0.1) is 0 Å². The van der Waals surface area contributed by atoms with E-state index in [2.05, 4.69) is 30.3 Å². The fourth-order valence-electron chi connectivity index (χ4n) is 2.36. The summed E-state index contributed by atoms with van der Waals surface area (Å²) in [6, 6.07) is 24.5. The summed E-state index contributed by atoms with van der Waals surface area (Å²) in [7, 11) is 0. The zero-order chi connectivity index (χ0) is 15.0. The minimum atomic E-state index is 0.719. The van der Waals surface area contributed by atoms with E-state index in [1.807, 2.05) is 42.5 Å². The Morgan fingerprint density at radius 3 is 1.95 bits per heavy atom. The van der Waals surface area contributed by atoms with Gasteiger partial charge in [0.05, 0.1) is 13.2 Å². The number of hydrogen-bond donors (Lipinski definition) is 0. The molecule has 0 aliphatic heterocycles. The highest BCUT2D eigenvalue weighted by atomic mass is 16.5. The molecule has 2 heteroatoms. The van der Waals surface area contributed by atoms with Gasteiger partial charge in [0, 0.05) is 0 Å². The van der Waals surface area contributed by atoms with Crippen LogP contribution in [0, 0.1) is 0 Å². The first-order valence-electron chi connectivity index (χ1n) is 7.71. The van der Waals surface area contributed by atoms with E-state index in [1.54, 1.807) is 0 Å². The third-order valence-corrected chi connectivity index (χ3v) is 3.54. The molecule has 0 amide bonds. The van der Waals surface area contributed by atoms with E-state index in [1.165, 1.54) is 10.8 Å². The largest absolute Gasteiger partial charge is 0.494 e. The Morgan fingerprint density at radius 1 is 0.545 bits per heavy atom. The van der Waals surface area contributed by atoms with Crippen LogP contribution in [0.2, 0.25) is 0 Å². The standard InChI is InChI=1S/C20H20O2/c1-2-10-19(11-3-1)21-14-6-7-15-22-20-13-12-17-8-4-5-9-18(17)16-20/h1-5,8-13,16H,6-7,14-15H2. The van der Waals surface area contributed by atoms with Crippen molar-refractivity contribution in [1.82, 2.24) is 0 Å².